The summed E-state index contributed by atoms with van der Waals surface area (Å²) in [5.74, 6) is 1.38. The van der Waals surface area contributed by atoms with Crippen molar-refractivity contribution in [2.24, 2.45) is 0 Å². The van der Waals surface area contributed by atoms with Crippen LogP contribution in [0.4, 0.5) is 17.5 Å². The van der Waals surface area contributed by atoms with Gasteiger partial charge >= 0.3 is 0 Å². The molecule has 0 spiro atoms. The Hall–Kier alpha value is -1.85. The monoisotopic (exact) mass is 347 g/mol. The molecule has 5 nitrogen and oxygen atoms in total. The first-order valence-corrected chi connectivity index (χ1v) is 8.51. The van der Waals surface area contributed by atoms with Crippen molar-refractivity contribution in [2.75, 3.05) is 37.8 Å². The van der Waals surface area contributed by atoms with E-state index >= 15 is 0 Å². The van der Waals surface area contributed by atoms with Crippen molar-refractivity contribution in [3.05, 3.63) is 40.0 Å². The number of aryl methyl sites for hydroxylation is 3. The number of nitrogens with one attached hydrogen (secondary N) is 2. The predicted molar refractivity (Wildman–Crippen MR) is 103 cm³/mol. The highest BCUT2D eigenvalue weighted by atomic mass is 35.5. The van der Waals surface area contributed by atoms with Crippen LogP contribution in [0, 0.1) is 20.8 Å². The number of hydrogen-bond donors (Lipinski definition) is 2. The average Bonchev–Trinajstić information content (AvgIpc) is 2.47. The lowest BCUT2D eigenvalue weighted by molar-refractivity contribution is 0.405. The molecule has 0 radical (unpaired) electrons. The molecule has 0 atom stereocenters. The highest BCUT2D eigenvalue weighted by Crippen LogP contribution is 2.30. The largest absolute Gasteiger partial charge is 0.354 e. The molecule has 2 N–H and O–H groups in total. The zero-order valence-electron chi connectivity index (χ0n) is 15.1. The number of halogens is 1. The molecule has 1 aromatic carbocycles. The lowest BCUT2D eigenvalue weighted by Crippen LogP contribution is -2.17. The molecule has 130 valence electrons. The highest BCUT2D eigenvalue weighted by Gasteiger charge is 2.08. The van der Waals surface area contributed by atoms with Gasteiger partial charge in [0.1, 0.15) is 5.82 Å². The third-order valence-electron chi connectivity index (χ3n) is 3.60. The number of anilines is 3. The van der Waals surface area contributed by atoms with Gasteiger partial charge in [0, 0.05) is 18.3 Å². The minimum Gasteiger partial charge on any atom is -0.354 e. The maximum absolute atomic E-state index is 6.37. The van der Waals surface area contributed by atoms with Gasteiger partial charge in [-0.25, -0.2) is 4.98 Å². The molecule has 0 aliphatic carbocycles. The number of rotatable bonds is 7. The van der Waals surface area contributed by atoms with Gasteiger partial charge < -0.3 is 15.5 Å². The second-order valence-corrected chi connectivity index (χ2v) is 6.77. The smallest absolute Gasteiger partial charge is 0.224 e. The molecule has 0 unspecified atom stereocenters. The van der Waals surface area contributed by atoms with Crippen LogP contribution in [0.5, 0.6) is 0 Å². The van der Waals surface area contributed by atoms with Crippen LogP contribution < -0.4 is 10.6 Å². The van der Waals surface area contributed by atoms with Gasteiger partial charge in [0.2, 0.25) is 5.95 Å². The summed E-state index contributed by atoms with van der Waals surface area (Å²) in [5.41, 5.74) is 4.03. The van der Waals surface area contributed by atoms with Gasteiger partial charge in [-0.3, -0.25) is 0 Å². The maximum atomic E-state index is 6.37. The molecule has 0 saturated carbocycles. The first-order valence-electron chi connectivity index (χ1n) is 8.13. The molecule has 2 rings (SSSR count). The molecule has 1 aromatic heterocycles. The molecule has 0 amide bonds. The second kappa shape index (κ2) is 8.31. The Labute approximate surface area is 149 Å². The van der Waals surface area contributed by atoms with E-state index in [4.69, 9.17) is 11.6 Å². The zero-order valence-corrected chi connectivity index (χ0v) is 15.8. The van der Waals surface area contributed by atoms with Gasteiger partial charge in [-0.05, 0) is 65.0 Å². The molecule has 0 bridgehead atoms. The number of benzene rings is 1. The van der Waals surface area contributed by atoms with Gasteiger partial charge in [-0.1, -0.05) is 17.7 Å². The van der Waals surface area contributed by atoms with E-state index in [1.165, 1.54) is 0 Å². The van der Waals surface area contributed by atoms with Crippen molar-refractivity contribution in [2.45, 2.75) is 27.2 Å². The molecule has 6 heteroatoms. The van der Waals surface area contributed by atoms with Gasteiger partial charge in [0.15, 0.2) is 0 Å². The molecule has 24 heavy (non-hydrogen) atoms. The van der Waals surface area contributed by atoms with Crippen LogP contribution in [0.25, 0.3) is 0 Å². The van der Waals surface area contributed by atoms with Gasteiger partial charge in [0.05, 0.1) is 10.7 Å². The summed E-state index contributed by atoms with van der Waals surface area (Å²) in [7, 11) is 4.14. The summed E-state index contributed by atoms with van der Waals surface area (Å²) in [6.45, 7) is 7.90. The fourth-order valence-electron chi connectivity index (χ4n) is 2.51. The fourth-order valence-corrected chi connectivity index (χ4v) is 2.88. The molecular weight excluding hydrogens is 322 g/mol. The van der Waals surface area contributed by atoms with Crippen LogP contribution in [0.1, 0.15) is 23.2 Å². The van der Waals surface area contributed by atoms with Crippen LogP contribution >= 0.6 is 11.6 Å². The Kier molecular flexibility index (Phi) is 6.40. The molecule has 0 aliphatic heterocycles. The minimum absolute atomic E-state index is 0.636. The Morgan fingerprint density at radius 1 is 1.08 bits per heavy atom. The quantitative estimate of drug-likeness (QED) is 0.736. The summed E-state index contributed by atoms with van der Waals surface area (Å²) in [4.78, 5) is 11.1. The summed E-state index contributed by atoms with van der Waals surface area (Å²) in [6, 6.07) is 5.97. The number of nitrogens with zero attached hydrogens (tertiary/aromatic N) is 3. The standard InChI is InChI=1S/C18H26ClN5/c1-12-9-13(2)17(15(19)10-12)22-16-11-14(3)21-18(23-16)20-7-6-8-24(4)5/h9-11H,6-8H2,1-5H3,(H2,20,21,22,23). The van der Waals surface area contributed by atoms with E-state index in [9.17, 15) is 0 Å². The van der Waals surface area contributed by atoms with Crippen molar-refractivity contribution in [3.8, 4) is 0 Å². The number of hydrogen-bond acceptors (Lipinski definition) is 5. The van der Waals surface area contributed by atoms with Crippen molar-refractivity contribution in [1.29, 1.82) is 0 Å². The van der Waals surface area contributed by atoms with E-state index in [0.717, 1.165) is 47.8 Å². The summed E-state index contributed by atoms with van der Waals surface area (Å²) in [6.07, 6.45) is 1.04. The second-order valence-electron chi connectivity index (χ2n) is 6.37. The lowest BCUT2D eigenvalue weighted by Gasteiger charge is -2.14. The molecule has 0 aliphatic rings. The highest BCUT2D eigenvalue weighted by molar-refractivity contribution is 6.33. The Bertz CT molecular complexity index is 677. The number of aromatic nitrogens is 2. The lowest BCUT2D eigenvalue weighted by atomic mass is 10.1. The van der Waals surface area contributed by atoms with Gasteiger partial charge in [-0.15, -0.1) is 0 Å². The van der Waals surface area contributed by atoms with E-state index in [2.05, 4.69) is 45.7 Å². The summed E-state index contributed by atoms with van der Waals surface area (Å²) in [5, 5.41) is 7.31. The Morgan fingerprint density at radius 3 is 2.50 bits per heavy atom. The molecule has 1 heterocycles. The summed E-state index contributed by atoms with van der Waals surface area (Å²) < 4.78 is 0. The minimum atomic E-state index is 0.636. The van der Waals surface area contributed by atoms with Crippen LogP contribution in [-0.4, -0.2) is 42.1 Å². The van der Waals surface area contributed by atoms with Crippen molar-refractivity contribution in [1.82, 2.24) is 14.9 Å². The van der Waals surface area contributed by atoms with Crippen LogP contribution in [0.3, 0.4) is 0 Å². The fraction of sp³-hybridized carbons (Fsp3) is 0.444. The first-order chi connectivity index (χ1) is 11.3. The molecule has 0 saturated heterocycles. The zero-order chi connectivity index (χ0) is 17.7. The third kappa shape index (κ3) is 5.35. The summed E-state index contributed by atoms with van der Waals surface area (Å²) >= 11 is 6.37. The van der Waals surface area contributed by atoms with Crippen LogP contribution in [0.2, 0.25) is 5.02 Å². The van der Waals surface area contributed by atoms with E-state index in [1.807, 2.05) is 32.9 Å². The molecule has 2 aromatic rings. The first kappa shape index (κ1) is 18.5. The topological polar surface area (TPSA) is 53.1 Å². The van der Waals surface area contributed by atoms with Crippen LogP contribution in [-0.2, 0) is 0 Å². The van der Waals surface area contributed by atoms with Crippen molar-refractivity contribution >= 4 is 29.1 Å². The average molecular weight is 348 g/mol. The Balaban J connectivity index is 2.11. The molecule has 0 fully saturated rings. The van der Waals surface area contributed by atoms with Crippen LogP contribution in [0.15, 0.2) is 18.2 Å². The van der Waals surface area contributed by atoms with Crippen molar-refractivity contribution in [3.63, 3.8) is 0 Å². The Morgan fingerprint density at radius 2 is 1.83 bits per heavy atom. The normalized spacial score (nSPS) is 11.0. The van der Waals surface area contributed by atoms with E-state index in [1.54, 1.807) is 0 Å². The SMILES string of the molecule is Cc1cc(C)c(Nc2cc(C)nc(NCCCN(C)C)n2)c(Cl)c1. The predicted octanol–water partition coefficient (Wildman–Crippen LogP) is 4.16. The van der Waals surface area contributed by atoms with E-state index in [-0.39, 0.29) is 0 Å². The van der Waals surface area contributed by atoms with Gasteiger partial charge in [-0.2, -0.15) is 4.98 Å². The van der Waals surface area contributed by atoms with Crippen molar-refractivity contribution < 1.29 is 0 Å². The maximum Gasteiger partial charge on any atom is 0.224 e. The van der Waals surface area contributed by atoms with Gasteiger partial charge in [0.25, 0.3) is 0 Å². The van der Waals surface area contributed by atoms with E-state index < -0.39 is 0 Å². The van der Waals surface area contributed by atoms with E-state index in [0.29, 0.717) is 11.0 Å². The third-order valence-corrected chi connectivity index (χ3v) is 3.90. The molecular formula is C18H26ClN5.